The van der Waals surface area contributed by atoms with E-state index in [1.165, 1.54) is 16.2 Å². The molecular weight excluding hydrogens is 436 g/mol. The quantitative estimate of drug-likeness (QED) is 0.538. The van der Waals surface area contributed by atoms with E-state index in [-0.39, 0.29) is 18.7 Å². The maximum absolute atomic E-state index is 13.8. The van der Waals surface area contributed by atoms with Gasteiger partial charge in [-0.2, -0.15) is 5.26 Å². The summed E-state index contributed by atoms with van der Waals surface area (Å²) in [6.07, 6.45) is 2.10. The lowest BCUT2D eigenvalue weighted by molar-refractivity contribution is -0.111. The Morgan fingerprint density at radius 3 is 2.83 bits per heavy atom. The predicted molar refractivity (Wildman–Crippen MR) is 109 cm³/mol. The number of hydrogen-bond donors (Lipinski definition) is 1. The third kappa shape index (κ3) is 4.45. The molecule has 0 fully saturated rings. The topological polar surface area (TPSA) is 82.4 Å². The molecule has 156 valence electrons. The molecule has 1 aromatic heterocycles. The molecule has 0 radical (unpaired) electrons. The van der Waals surface area contributed by atoms with Crippen molar-refractivity contribution in [3.8, 4) is 6.07 Å². The molecule has 0 unspecified atom stereocenters. The van der Waals surface area contributed by atoms with Crippen LogP contribution in [-0.4, -0.2) is 30.1 Å². The highest BCUT2D eigenvalue weighted by Crippen LogP contribution is 2.37. The number of amides is 2. The highest BCUT2D eigenvalue weighted by atomic mass is 35.5. The molecule has 0 spiro atoms. The first-order chi connectivity index (χ1) is 14.3. The van der Waals surface area contributed by atoms with Gasteiger partial charge in [0, 0.05) is 23.1 Å². The Bertz CT molecular complexity index is 1080. The van der Waals surface area contributed by atoms with Crippen molar-refractivity contribution in [3.05, 3.63) is 56.4 Å². The number of nitrogens with zero attached hydrogens (tertiary/aromatic N) is 2. The molecule has 1 aromatic carbocycles. The van der Waals surface area contributed by atoms with Gasteiger partial charge in [0.05, 0.1) is 23.7 Å². The molecule has 2 amide bonds. The van der Waals surface area contributed by atoms with Gasteiger partial charge in [-0.05, 0) is 37.1 Å². The average molecular weight is 452 g/mol. The van der Waals surface area contributed by atoms with Gasteiger partial charge in [0.1, 0.15) is 22.7 Å². The number of benzene rings is 1. The number of nitriles is 1. The number of halogens is 3. The monoisotopic (exact) mass is 451 g/mol. The molecular formula is C20H16ClF2N3O3S. The first-order valence-corrected chi connectivity index (χ1v) is 10.1. The molecule has 0 saturated heterocycles. The van der Waals surface area contributed by atoms with Crippen molar-refractivity contribution >= 4 is 46.0 Å². The first-order valence-electron chi connectivity index (χ1n) is 8.94. The van der Waals surface area contributed by atoms with Crippen LogP contribution in [-0.2, 0) is 22.5 Å². The number of carbonyl (C=O) groups is 2. The van der Waals surface area contributed by atoms with E-state index < -0.39 is 28.7 Å². The Labute approximate surface area is 180 Å². The summed E-state index contributed by atoms with van der Waals surface area (Å²) in [6, 6.07) is 3.89. The van der Waals surface area contributed by atoms with Crippen LogP contribution < -0.4 is 5.32 Å². The number of nitrogens with one attached hydrogen (secondary N) is 1. The summed E-state index contributed by atoms with van der Waals surface area (Å²) in [4.78, 5) is 26.5. The molecule has 3 rings (SSSR count). The van der Waals surface area contributed by atoms with Gasteiger partial charge in [-0.3, -0.25) is 4.79 Å². The van der Waals surface area contributed by atoms with Crippen LogP contribution in [0.15, 0.2) is 18.2 Å². The number of thiophene rings is 1. The maximum Gasteiger partial charge on any atom is 0.410 e. The fraction of sp³-hybridized carbons (Fsp3) is 0.250. The van der Waals surface area contributed by atoms with E-state index in [0.29, 0.717) is 23.5 Å². The molecule has 0 bridgehead atoms. The standard InChI is InChI=1S/C20H16ClF2N3O3S/c1-2-29-20(28)26-8-7-11-13(9-24)19(30-16(11)10-26)25-17(27)6-3-12-14(22)4-5-15(23)18(12)21/h3-6H,2,7-8,10H2,1H3,(H,25,27). The van der Waals surface area contributed by atoms with Crippen molar-refractivity contribution in [2.45, 2.75) is 19.9 Å². The fourth-order valence-corrected chi connectivity index (χ4v) is 4.42. The molecule has 0 aliphatic carbocycles. The third-order valence-corrected chi connectivity index (χ3v) is 5.93. The summed E-state index contributed by atoms with van der Waals surface area (Å²) in [6.45, 7) is 2.67. The Hall–Kier alpha value is -2.96. The third-order valence-electron chi connectivity index (χ3n) is 4.41. The number of ether oxygens (including phenoxy) is 1. The highest BCUT2D eigenvalue weighted by Gasteiger charge is 2.28. The highest BCUT2D eigenvalue weighted by molar-refractivity contribution is 7.16. The van der Waals surface area contributed by atoms with E-state index in [2.05, 4.69) is 11.4 Å². The summed E-state index contributed by atoms with van der Waals surface area (Å²) >= 11 is 6.93. The Morgan fingerprint density at radius 1 is 1.40 bits per heavy atom. The maximum atomic E-state index is 13.8. The van der Waals surface area contributed by atoms with Crippen LogP contribution in [0.2, 0.25) is 5.02 Å². The van der Waals surface area contributed by atoms with E-state index in [4.69, 9.17) is 16.3 Å². The van der Waals surface area contributed by atoms with Crippen molar-refractivity contribution in [1.82, 2.24) is 4.90 Å². The fourth-order valence-electron chi connectivity index (χ4n) is 2.99. The zero-order valence-corrected chi connectivity index (χ0v) is 17.4. The van der Waals surface area contributed by atoms with Gasteiger partial charge in [0.2, 0.25) is 5.91 Å². The van der Waals surface area contributed by atoms with Crippen LogP contribution in [0.5, 0.6) is 0 Å². The molecule has 0 saturated carbocycles. The second-order valence-corrected chi connectivity index (χ2v) is 7.75. The zero-order valence-electron chi connectivity index (χ0n) is 15.8. The second-order valence-electron chi connectivity index (χ2n) is 6.27. The van der Waals surface area contributed by atoms with Gasteiger partial charge >= 0.3 is 6.09 Å². The minimum Gasteiger partial charge on any atom is -0.450 e. The number of fused-ring (bicyclic) bond motifs is 1. The van der Waals surface area contributed by atoms with Crippen molar-refractivity contribution in [3.63, 3.8) is 0 Å². The van der Waals surface area contributed by atoms with Gasteiger partial charge < -0.3 is 15.0 Å². The van der Waals surface area contributed by atoms with Crippen molar-refractivity contribution < 1.29 is 23.1 Å². The lowest BCUT2D eigenvalue weighted by atomic mass is 10.0. The smallest absolute Gasteiger partial charge is 0.410 e. The molecule has 1 aliphatic heterocycles. The second kappa shape index (κ2) is 9.24. The van der Waals surface area contributed by atoms with E-state index in [0.717, 1.165) is 34.7 Å². The minimum absolute atomic E-state index is 0.247. The molecule has 1 aliphatic rings. The normalized spacial score (nSPS) is 13.1. The van der Waals surface area contributed by atoms with E-state index in [1.807, 2.05) is 0 Å². The summed E-state index contributed by atoms with van der Waals surface area (Å²) in [5, 5.41) is 12.0. The largest absolute Gasteiger partial charge is 0.450 e. The van der Waals surface area contributed by atoms with Crippen molar-refractivity contribution in [2.75, 3.05) is 18.5 Å². The minimum atomic E-state index is -0.804. The van der Waals surface area contributed by atoms with E-state index in [9.17, 15) is 23.6 Å². The molecule has 6 nitrogen and oxygen atoms in total. The predicted octanol–water partition coefficient (Wildman–Crippen LogP) is 4.72. The van der Waals surface area contributed by atoms with E-state index >= 15 is 0 Å². The van der Waals surface area contributed by atoms with Gasteiger partial charge in [0.15, 0.2) is 0 Å². The van der Waals surface area contributed by atoms with Gasteiger partial charge in [-0.25, -0.2) is 13.6 Å². The Morgan fingerprint density at radius 2 is 2.13 bits per heavy atom. The average Bonchev–Trinajstić information content (AvgIpc) is 3.06. The number of rotatable bonds is 4. The van der Waals surface area contributed by atoms with Crippen LogP contribution in [0.1, 0.15) is 28.5 Å². The van der Waals surface area contributed by atoms with Crippen molar-refractivity contribution in [1.29, 1.82) is 5.26 Å². The number of carbonyl (C=O) groups excluding carboxylic acids is 2. The van der Waals surface area contributed by atoms with Crippen LogP contribution in [0, 0.1) is 23.0 Å². The van der Waals surface area contributed by atoms with Gasteiger partial charge in [-0.15, -0.1) is 11.3 Å². The lowest BCUT2D eigenvalue weighted by Crippen LogP contribution is -2.35. The summed E-state index contributed by atoms with van der Waals surface area (Å²) in [5.74, 6) is -2.21. The molecule has 30 heavy (non-hydrogen) atoms. The summed E-state index contributed by atoms with van der Waals surface area (Å²) in [5.41, 5.74) is 0.861. The number of hydrogen-bond acceptors (Lipinski definition) is 5. The summed E-state index contributed by atoms with van der Waals surface area (Å²) < 4.78 is 32.3. The van der Waals surface area contributed by atoms with Crippen LogP contribution >= 0.6 is 22.9 Å². The first kappa shape index (κ1) is 21.7. The molecule has 2 heterocycles. The number of anilines is 1. The van der Waals surface area contributed by atoms with Crippen LogP contribution in [0.4, 0.5) is 18.6 Å². The molecule has 10 heteroatoms. The molecule has 1 N–H and O–H groups in total. The summed E-state index contributed by atoms with van der Waals surface area (Å²) in [7, 11) is 0. The molecule has 0 atom stereocenters. The molecule has 2 aromatic rings. The van der Waals surface area contributed by atoms with Crippen LogP contribution in [0.3, 0.4) is 0 Å². The Kier molecular flexibility index (Phi) is 6.70. The van der Waals surface area contributed by atoms with Gasteiger partial charge in [0.25, 0.3) is 0 Å². The van der Waals surface area contributed by atoms with Crippen molar-refractivity contribution in [2.24, 2.45) is 0 Å². The van der Waals surface area contributed by atoms with Gasteiger partial charge in [-0.1, -0.05) is 11.6 Å². The van der Waals surface area contributed by atoms with Crippen LogP contribution in [0.25, 0.3) is 6.08 Å². The zero-order chi connectivity index (χ0) is 21.8. The SMILES string of the molecule is CCOC(=O)N1CCc2c(sc(NC(=O)C=Cc3c(F)ccc(F)c3Cl)c2C#N)C1. The Balaban J connectivity index is 1.78. The lowest BCUT2D eigenvalue weighted by Gasteiger charge is -2.25. The van der Waals surface area contributed by atoms with E-state index in [1.54, 1.807) is 6.92 Å².